The van der Waals surface area contributed by atoms with Crippen molar-refractivity contribution in [2.75, 3.05) is 26.7 Å². The van der Waals surface area contributed by atoms with Crippen molar-refractivity contribution in [1.29, 1.82) is 0 Å². The minimum absolute atomic E-state index is 0. The molecule has 1 aliphatic rings. The number of halogens is 1. The second-order valence-electron chi connectivity index (χ2n) is 6.78. The van der Waals surface area contributed by atoms with E-state index in [-0.39, 0.29) is 18.3 Å². The molecule has 19 heavy (non-hydrogen) atoms. The first kappa shape index (κ1) is 18.7. The van der Waals surface area contributed by atoms with Crippen molar-refractivity contribution in [2.24, 2.45) is 17.3 Å². The third-order valence-electron chi connectivity index (χ3n) is 4.20. The van der Waals surface area contributed by atoms with Gasteiger partial charge in [-0.05, 0) is 37.6 Å². The smallest absolute Gasteiger partial charge is 0.226 e. The van der Waals surface area contributed by atoms with Crippen LogP contribution in [0, 0.1) is 17.3 Å². The fraction of sp³-hybridized carbons (Fsp3) is 0.933. The van der Waals surface area contributed by atoms with E-state index in [4.69, 9.17) is 0 Å². The Hall–Kier alpha value is -0.280. The van der Waals surface area contributed by atoms with E-state index in [1.165, 1.54) is 6.42 Å². The molecule has 1 saturated heterocycles. The molecule has 4 heteroatoms. The van der Waals surface area contributed by atoms with Crippen LogP contribution in [0.15, 0.2) is 0 Å². The van der Waals surface area contributed by atoms with Crippen LogP contribution in [0.2, 0.25) is 0 Å². The quantitative estimate of drug-likeness (QED) is 0.867. The summed E-state index contributed by atoms with van der Waals surface area (Å²) in [6.45, 7) is 11.6. The predicted octanol–water partition coefficient (Wildman–Crippen LogP) is 2.94. The lowest BCUT2D eigenvalue weighted by Gasteiger charge is -2.30. The van der Waals surface area contributed by atoms with E-state index in [9.17, 15) is 4.79 Å². The van der Waals surface area contributed by atoms with Crippen molar-refractivity contribution < 1.29 is 4.79 Å². The molecular weight excluding hydrogens is 260 g/mol. The van der Waals surface area contributed by atoms with Crippen molar-refractivity contribution in [2.45, 2.75) is 47.0 Å². The summed E-state index contributed by atoms with van der Waals surface area (Å²) in [6.07, 6.45) is 3.56. The maximum atomic E-state index is 12.3. The summed E-state index contributed by atoms with van der Waals surface area (Å²) < 4.78 is 0. The Morgan fingerprint density at radius 3 is 2.47 bits per heavy atom. The third-order valence-corrected chi connectivity index (χ3v) is 4.20. The molecule has 2 atom stereocenters. The number of likely N-dealkylation sites (tertiary alicyclic amines) is 1. The number of hydrogen-bond donors (Lipinski definition) is 1. The van der Waals surface area contributed by atoms with E-state index in [0.717, 1.165) is 38.4 Å². The Bertz CT molecular complexity index is 276. The molecule has 1 fully saturated rings. The average molecular weight is 291 g/mol. The summed E-state index contributed by atoms with van der Waals surface area (Å²) in [5.41, 5.74) is 0.371. The number of carbonyl (C=O) groups is 1. The standard InChI is InChI=1S/C15H30N2O.ClH/c1-12(11-16-5)14(18)17-9-6-7-13(8-10-17)15(2,3)4;/h12-13,16H,6-11H2,1-5H3;1H. The van der Waals surface area contributed by atoms with Crippen molar-refractivity contribution in [3.05, 3.63) is 0 Å². The summed E-state index contributed by atoms with van der Waals surface area (Å²) in [5, 5.41) is 3.09. The van der Waals surface area contributed by atoms with Crippen LogP contribution in [-0.4, -0.2) is 37.5 Å². The van der Waals surface area contributed by atoms with Crippen LogP contribution in [0.25, 0.3) is 0 Å². The summed E-state index contributed by atoms with van der Waals surface area (Å²) in [6, 6.07) is 0. The van der Waals surface area contributed by atoms with Gasteiger partial charge in [-0.1, -0.05) is 27.7 Å². The number of amides is 1. The average Bonchev–Trinajstić information content (AvgIpc) is 2.53. The topological polar surface area (TPSA) is 32.3 Å². The number of rotatable bonds is 3. The monoisotopic (exact) mass is 290 g/mol. The predicted molar refractivity (Wildman–Crippen MR) is 83.7 cm³/mol. The SMILES string of the molecule is CNCC(C)C(=O)N1CCCC(C(C)(C)C)CC1.Cl. The largest absolute Gasteiger partial charge is 0.342 e. The molecule has 1 aliphatic heterocycles. The van der Waals surface area contributed by atoms with Gasteiger partial charge in [0.15, 0.2) is 0 Å². The Labute approximate surface area is 124 Å². The highest BCUT2D eigenvalue weighted by Crippen LogP contribution is 2.34. The van der Waals surface area contributed by atoms with Gasteiger partial charge in [0, 0.05) is 25.6 Å². The lowest BCUT2D eigenvalue weighted by Crippen LogP contribution is -2.39. The Balaban J connectivity index is 0.00000324. The Morgan fingerprint density at radius 1 is 1.32 bits per heavy atom. The van der Waals surface area contributed by atoms with Crippen molar-refractivity contribution >= 4 is 18.3 Å². The van der Waals surface area contributed by atoms with E-state index >= 15 is 0 Å². The number of carbonyl (C=O) groups excluding carboxylic acids is 1. The fourth-order valence-electron chi connectivity index (χ4n) is 2.89. The highest BCUT2D eigenvalue weighted by Gasteiger charge is 2.29. The van der Waals surface area contributed by atoms with Gasteiger partial charge in [0.25, 0.3) is 0 Å². The molecule has 0 radical (unpaired) electrons. The minimum Gasteiger partial charge on any atom is -0.342 e. The summed E-state index contributed by atoms with van der Waals surface area (Å²) in [5.74, 6) is 1.16. The Kier molecular flexibility index (Phi) is 7.99. The van der Waals surface area contributed by atoms with Gasteiger partial charge >= 0.3 is 0 Å². The molecule has 1 N–H and O–H groups in total. The molecule has 3 nitrogen and oxygen atoms in total. The van der Waals surface area contributed by atoms with E-state index in [1.807, 2.05) is 14.0 Å². The molecular formula is C15H31ClN2O. The van der Waals surface area contributed by atoms with Gasteiger partial charge in [-0.2, -0.15) is 0 Å². The van der Waals surface area contributed by atoms with Gasteiger partial charge in [0.1, 0.15) is 0 Å². The Morgan fingerprint density at radius 2 is 1.95 bits per heavy atom. The van der Waals surface area contributed by atoms with E-state index in [1.54, 1.807) is 0 Å². The van der Waals surface area contributed by atoms with Crippen LogP contribution in [0.1, 0.15) is 47.0 Å². The molecule has 1 heterocycles. The number of nitrogens with one attached hydrogen (secondary N) is 1. The van der Waals surface area contributed by atoms with Crippen LogP contribution in [-0.2, 0) is 4.79 Å². The second-order valence-corrected chi connectivity index (χ2v) is 6.78. The molecule has 0 saturated carbocycles. The van der Waals surface area contributed by atoms with E-state index < -0.39 is 0 Å². The molecule has 114 valence electrons. The second kappa shape index (κ2) is 8.11. The minimum atomic E-state index is 0. The number of nitrogens with zero attached hydrogens (tertiary/aromatic N) is 1. The molecule has 1 amide bonds. The summed E-state index contributed by atoms with van der Waals surface area (Å²) >= 11 is 0. The van der Waals surface area contributed by atoms with Gasteiger partial charge in [-0.25, -0.2) is 0 Å². The lowest BCUT2D eigenvalue weighted by atomic mass is 9.77. The normalized spacial score (nSPS) is 22.4. The van der Waals surface area contributed by atoms with Crippen LogP contribution in [0.4, 0.5) is 0 Å². The fourth-order valence-corrected chi connectivity index (χ4v) is 2.89. The van der Waals surface area contributed by atoms with Gasteiger partial charge in [0.2, 0.25) is 5.91 Å². The maximum Gasteiger partial charge on any atom is 0.226 e. The lowest BCUT2D eigenvalue weighted by molar-refractivity contribution is -0.134. The van der Waals surface area contributed by atoms with Crippen molar-refractivity contribution in [3.8, 4) is 0 Å². The van der Waals surface area contributed by atoms with Gasteiger partial charge in [-0.3, -0.25) is 4.79 Å². The van der Waals surface area contributed by atoms with Gasteiger partial charge < -0.3 is 10.2 Å². The molecule has 0 spiro atoms. The van der Waals surface area contributed by atoms with Gasteiger partial charge in [-0.15, -0.1) is 12.4 Å². The molecule has 0 aromatic heterocycles. The molecule has 1 rings (SSSR count). The molecule has 0 aromatic carbocycles. The zero-order valence-electron chi connectivity index (χ0n) is 13.2. The van der Waals surface area contributed by atoms with E-state index in [0.29, 0.717) is 11.3 Å². The van der Waals surface area contributed by atoms with Crippen LogP contribution in [0.3, 0.4) is 0 Å². The first-order chi connectivity index (χ1) is 8.36. The zero-order chi connectivity index (χ0) is 13.8. The zero-order valence-corrected chi connectivity index (χ0v) is 14.0. The summed E-state index contributed by atoms with van der Waals surface area (Å²) in [4.78, 5) is 14.4. The summed E-state index contributed by atoms with van der Waals surface area (Å²) in [7, 11) is 1.90. The molecule has 2 unspecified atom stereocenters. The van der Waals surface area contributed by atoms with E-state index in [2.05, 4.69) is 31.0 Å². The third kappa shape index (κ3) is 5.70. The molecule has 0 bridgehead atoms. The van der Waals surface area contributed by atoms with Crippen molar-refractivity contribution in [1.82, 2.24) is 10.2 Å². The highest BCUT2D eigenvalue weighted by atomic mass is 35.5. The maximum absolute atomic E-state index is 12.3. The van der Waals surface area contributed by atoms with Crippen LogP contribution < -0.4 is 5.32 Å². The van der Waals surface area contributed by atoms with Crippen LogP contribution >= 0.6 is 12.4 Å². The van der Waals surface area contributed by atoms with Gasteiger partial charge in [0.05, 0.1) is 0 Å². The highest BCUT2D eigenvalue weighted by molar-refractivity contribution is 5.85. The molecule has 0 aromatic rings. The molecule has 0 aliphatic carbocycles. The number of hydrogen-bond acceptors (Lipinski definition) is 2. The van der Waals surface area contributed by atoms with Crippen molar-refractivity contribution in [3.63, 3.8) is 0 Å². The first-order valence-electron chi connectivity index (χ1n) is 7.29. The van der Waals surface area contributed by atoms with Crippen LogP contribution in [0.5, 0.6) is 0 Å². The first-order valence-corrected chi connectivity index (χ1v) is 7.29.